The Hall–Kier alpha value is -1.92. The zero-order valence-electron chi connectivity index (χ0n) is 9.08. The molecule has 0 aromatic heterocycles. The number of esters is 1. The van der Waals surface area contributed by atoms with Gasteiger partial charge in [0.15, 0.2) is 5.79 Å². The fourth-order valence-electron chi connectivity index (χ4n) is 1.13. The minimum absolute atomic E-state index is 0.135. The van der Waals surface area contributed by atoms with E-state index < -0.39 is 24.3 Å². The minimum atomic E-state index is -2.15. The van der Waals surface area contributed by atoms with Gasteiger partial charge in [0.05, 0.1) is 11.1 Å². The first kappa shape index (κ1) is 13.1. The molecule has 0 aliphatic rings. The molecule has 0 amide bonds. The number of aromatic carboxylic acids is 1. The normalized spacial score (nSPS) is 11.0. The summed E-state index contributed by atoms with van der Waals surface area (Å²) in [6, 6.07) is 5.51. The Kier molecular flexibility index (Phi) is 3.82. The van der Waals surface area contributed by atoms with Gasteiger partial charge in [-0.2, -0.15) is 0 Å². The monoisotopic (exact) mass is 240 g/mol. The third kappa shape index (κ3) is 3.86. The van der Waals surface area contributed by atoms with Gasteiger partial charge in [-0.15, -0.1) is 0 Å². The Labute approximate surface area is 97.1 Å². The molecule has 0 radical (unpaired) electrons. The molecule has 1 aromatic carbocycles. The molecule has 3 N–H and O–H groups in total. The second kappa shape index (κ2) is 4.94. The van der Waals surface area contributed by atoms with Gasteiger partial charge in [-0.25, -0.2) is 9.59 Å². The van der Waals surface area contributed by atoms with Gasteiger partial charge in [0.25, 0.3) is 0 Å². The SMILES string of the molecule is CC(O)(O)COC(=O)c1ccccc1C(=O)O. The molecule has 17 heavy (non-hydrogen) atoms. The van der Waals surface area contributed by atoms with Gasteiger partial charge < -0.3 is 20.1 Å². The van der Waals surface area contributed by atoms with E-state index in [4.69, 9.17) is 15.3 Å². The molecule has 1 aromatic rings. The van der Waals surface area contributed by atoms with E-state index in [9.17, 15) is 9.59 Å². The summed E-state index contributed by atoms with van der Waals surface area (Å²) < 4.78 is 4.58. The third-order valence-electron chi connectivity index (χ3n) is 1.85. The van der Waals surface area contributed by atoms with Crippen molar-refractivity contribution in [1.29, 1.82) is 0 Å². The molecule has 0 saturated heterocycles. The number of carbonyl (C=O) groups excluding carboxylic acids is 1. The summed E-state index contributed by atoms with van der Waals surface area (Å²) in [5.41, 5.74) is -0.334. The standard InChI is InChI=1S/C11H12O6/c1-11(15,16)6-17-10(14)8-5-3-2-4-7(8)9(12)13/h2-5,15-16H,6H2,1H3,(H,12,13). The van der Waals surface area contributed by atoms with E-state index in [0.29, 0.717) is 0 Å². The van der Waals surface area contributed by atoms with E-state index in [-0.39, 0.29) is 11.1 Å². The van der Waals surface area contributed by atoms with Gasteiger partial charge in [0, 0.05) is 0 Å². The molecule has 0 heterocycles. The van der Waals surface area contributed by atoms with Crippen molar-refractivity contribution in [2.75, 3.05) is 6.61 Å². The van der Waals surface area contributed by atoms with Gasteiger partial charge in [-0.3, -0.25) is 0 Å². The van der Waals surface area contributed by atoms with Gasteiger partial charge in [-0.05, 0) is 19.1 Å². The average molecular weight is 240 g/mol. The highest BCUT2D eigenvalue weighted by atomic mass is 16.6. The molecule has 0 saturated carbocycles. The fraction of sp³-hybridized carbons (Fsp3) is 0.273. The summed E-state index contributed by atoms with van der Waals surface area (Å²) in [7, 11) is 0. The first-order chi connectivity index (χ1) is 7.81. The summed E-state index contributed by atoms with van der Waals surface area (Å²) in [6.07, 6.45) is 0. The van der Waals surface area contributed by atoms with Crippen LogP contribution < -0.4 is 0 Å². The van der Waals surface area contributed by atoms with Gasteiger partial charge in [0.2, 0.25) is 0 Å². The van der Waals surface area contributed by atoms with Crippen molar-refractivity contribution in [3.05, 3.63) is 35.4 Å². The van der Waals surface area contributed by atoms with Crippen LogP contribution in [0.4, 0.5) is 0 Å². The van der Waals surface area contributed by atoms with E-state index in [1.807, 2.05) is 0 Å². The van der Waals surface area contributed by atoms with E-state index in [2.05, 4.69) is 4.74 Å². The van der Waals surface area contributed by atoms with Crippen molar-refractivity contribution in [2.45, 2.75) is 12.7 Å². The van der Waals surface area contributed by atoms with Crippen LogP contribution in [-0.4, -0.2) is 39.7 Å². The quantitative estimate of drug-likeness (QED) is 0.514. The number of carbonyl (C=O) groups is 2. The molecular weight excluding hydrogens is 228 g/mol. The Bertz CT molecular complexity index is 432. The van der Waals surface area contributed by atoms with E-state index in [1.165, 1.54) is 24.3 Å². The van der Waals surface area contributed by atoms with Crippen LogP contribution in [0, 0.1) is 0 Å². The van der Waals surface area contributed by atoms with Gasteiger partial charge in [0.1, 0.15) is 6.61 Å². The van der Waals surface area contributed by atoms with Crippen LogP contribution in [0.1, 0.15) is 27.6 Å². The lowest BCUT2D eigenvalue weighted by Crippen LogP contribution is -2.31. The van der Waals surface area contributed by atoms with Crippen molar-refractivity contribution in [3.63, 3.8) is 0 Å². The van der Waals surface area contributed by atoms with E-state index in [0.717, 1.165) is 6.92 Å². The first-order valence-corrected chi connectivity index (χ1v) is 4.75. The fourth-order valence-corrected chi connectivity index (χ4v) is 1.13. The maximum Gasteiger partial charge on any atom is 0.339 e. The molecule has 0 bridgehead atoms. The Balaban J connectivity index is 2.86. The molecule has 6 heteroatoms. The lowest BCUT2D eigenvalue weighted by atomic mass is 10.1. The molecule has 1 rings (SSSR count). The predicted molar refractivity (Wildman–Crippen MR) is 56.5 cm³/mol. The number of benzene rings is 1. The summed E-state index contributed by atoms with van der Waals surface area (Å²) >= 11 is 0. The molecule has 6 nitrogen and oxygen atoms in total. The number of carboxylic acid groups (broad SMARTS) is 1. The van der Waals surface area contributed by atoms with Crippen molar-refractivity contribution in [3.8, 4) is 0 Å². The third-order valence-corrected chi connectivity index (χ3v) is 1.85. The zero-order valence-corrected chi connectivity index (χ0v) is 9.08. The van der Waals surface area contributed by atoms with Crippen LogP contribution in [0.2, 0.25) is 0 Å². The lowest BCUT2D eigenvalue weighted by molar-refractivity contribution is -0.172. The molecule has 0 aliphatic heterocycles. The Morgan fingerprint density at radius 1 is 1.24 bits per heavy atom. The van der Waals surface area contributed by atoms with Crippen LogP contribution in [-0.2, 0) is 4.74 Å². The van der Waals surface area contributed by atoms with Crippen molar-refractivity contribution >= 4 is 11.9 Å². The zero-order chi connectivity index (χ0) is 13.1. The number of hydrogen-bond acceptors (Lipinski definition) is 5. The number of hydrogen-bond donors (Lipinski definition) is 3. The smallest absolute Gasteiger partial charge is 0.339 e. The number of ether oxygens (including phenoxy) is 1. The summed E-state index contributed by atoms with van der Waals surface area (Å²) in [4.78, 5) is 22.3. The molecule has 92 valence electrons. The van der Waals surface area contributed by atoms with Crippen molar-refractivity contribution < 1.29 is 29.6 Å². The van der Waals surface area contributed by atoms with Crippen LogP contribution >= 0.6 is 0 Å². The van der Waals surface area contributed by atoms with Crippen molar-refractivity contribution in [1.82, 2.24) is 0 Å². The van der Waals surface area contributed by atoms with Crippen LogP contribution in [0.5, 0.6) is 0 Å². The van der Waals surface area contributed by atoms with Crippen LogP contribution in [0.3, 0.4) is 0 Å². The molecule has 0 atom stereocenters. The lowest BCUT2D eigenvalue weighted by Gasteiger charge is -2.15. The number of carboxylic acids is 1. The largest absolute Gasteiger partial charge is 0.478 e. The molecular formula is C11H12O6. The van der Waals surface area contributed by atoms with Gasteiger partial charge >= 0.3 is 11.9 Å². The summed E-state index contributed by atoms with van der Waals surface area (Å²) in [6.45, 7) is 0.406. The van der Waals surface area contributed by atoms with E-state index >= 15 is 0 Å². The maximum atomic E-state index is 11.5. The summed E-state index contributed by atoms with van der Waals surface area (Å²) in [5, 5.41) is 26.7. The highest BCUT2D eigenvalue weighted by molar-refractivity contribution is 6.02. The predicted octanol–water partition coefficient (Wildman–Crippen LogP) is 0.242. The first-order valence-electron chi connectivity index (χ1n) is 4.75. The minimum Gasteiger partial charge on any atom is -0.478 e. The topological polar surface area (TPSA) is 104 Å². The van der Waals surface area contributed by atoms with E-state index in [1.54, 1.807) is 0 Å². The van der Waals surface area contributed by atoms with Crippen LogP contribution in [0.15, 0.2) is 24.3 Å². The molecule has 0 fully saturated rings. The average Bonchev–Trinajstić information content (AvgIpc) is 2.25. The Morgan fingerprint density at radius 3 is 2.24 bits per heavy atom. The highest BCUT2D eigenvalue weighted by Gasteiger charge is 2.21. The molecule has 0 aliphatic carbocycles. The van der Waals surface area contributed by atoms with Crippen LogP contribution in [0.25, 0.3) is 0 Å². The highest BCUT2D eigenvalue weighted by Crippen LogP contribution is 2.11. The second-order valence-electron chi connectivity index (χ2n) is 3.64. The maximum absolute atomic E-state index is 11.5. The molecule has 0 spiro atoms. The van der Waals surface area contributed by atoms with Crippen molar-refractivity contribution in [2.24, 2.45) is 0 Å². The second-order valence-corrected chi connectivity index (χ2v) is 3.64. The molecule has 0 unspecified atom stereocenters. The summed E-state index contributed by atoms with van der Waals surface area (Å²) in [5.74, 6) is -4.32. The van der Waals surface area contributed by atoms with Gasteiger partial charge in [-0.1, -0.05) is 12.1 Å². The number of aliphatic hydroxyl groups is 2. The number of rotatable bonds is 4. The Morgan fingerprint density at radius 2 is 1.76 bits per heavy atom.